The maximum absolute atomic E-state index is 3.40. The third kappa shape index (κ3) is 0.634. The Morgan fingerprint density at radius 3 is 2.56 bits per heavy atom. The molecular weight excluding hydrogens is 112 g/mol. The molecule has 2 saturated heterocycles. The molecule has 2 rings (SSSR count). The van der Waals surface area contributed by atoms with E-state index in [0.717, 1.165) is 0 Å². The molecule has 0 radical (unpaired) electrons. The monoisotopic (exact) mass is 126 g/mol. The number of nitrogens with zero attached hydrogens (tertiary/aromatic N) is 1. The molecule has 1 N–H and O–H groups in total. The quantitative estimate of drug-likeness (QED) is 0.493. The van der Waals surface area contributed by atoms with Crippen LogP contribution in [0.15, 0.2) is 0 Å². The number of likely N-dealkylation sites (N-methyl/N-ethyl adjacent to an activating group) is 1. The molecule has 0 aromatic carbocycles. The van der Waals surface area contributed by atoms with Crippen molar-refractivity contribution in [3.8, 4) is 0 Å². The first kappa shape index (κ1) is 5.69. The van der Waals surface area contributed by atoms with Gasteiger partial charge in [-0.3, -0.25) is 4.90 Å². The zero-order valence-corrected chi connectivity index (χ0v) is 5.98. The van der Waals surface area contributed by atoms with Gasteiger partial charge in [0.2, 0.25) is 0 Å². The molecule has 2 nitrogen and oxygen atoms in total. The Morgan fingerprint density at radius 2 is 2.33 bits per heavy atom. The highest BCUT2D eigenvalue weighted by Crippen LogP contribution is 2.33. The first-order valence-electron chi connectivity index (χ1n) is 3.75. The topological polar surface area (TPSA) is 15.3 Å². The van der Waals surface area contributed by atoms with Crippen molar-refractivity contribution >= 4 is 0 Å². The summed E-state index contributed by atoms with van der Waals surface area (Å²) in [6.07, 6.45) is 2.78. The minimum absolute atomic E-state index is 0.597. The molecule has 0 aromatic heterocycles. The molecule has 0 bridgehead atoms. The first-order chi connectivity index (χ1) is 4.33. The summed E-state index contributed by atoms with van der Waals surface area (Å²) in [4.78, 5) is 2.48. The molecule has 2 fully saturated rings. The van der Waals surface area contributed by atoms with E-state index in [0.29, 0.717) is 5.54 Å². The Hall–Kier alpha value is -0.0800. The second-order valence-corrected chi connectivity index (χ2v) is 3.32. The lowest BCUT2D eigenvalue weighted by Gasteiger charge is -2.48. The molecule has 2 heteroatoms. The van der Waals surface area contributed by atoms with Crippen LogP contribution in [0.3, 0.4) is 0 Å². The second-order valence-electron chi connectivity index (χ2n) is 3.32. The summed E-state index contributed by atoms with van der Waals surface area (Å²) < 4.78 is 0. The average Bonchev–Trinajstić information content (AvgIpc) is 2.34. The van der Waals surface area contributed by atoms with Crippen LogP contribution in [0.25, 0.3) is 0 Å². The van der Waals surface area contributed by atoms with Crippen molar-refractivity contribution in [3.05, 3.63) is 0 Å². The van der Waals surface area contributed by atoms with Crippen molar-refractivity contribution in [1.82, 2.24) is 10.2 Å². The van der Waals surface area contributed by atoms with Crippen LogP contribution >= 0.6 is 0 Å². The fourth-order valence-electron chi connectivity index (χ4n) is 1.92. The van der Waals surface area contributed by atoms with Crippen LogP contribution in [0, 0.1) is 0 Å². The van der Waals surface area contributed by atoms with E-state index in [2.05, 4.69) is 17.3 Å². The summed E-state index contributed by atoms with van der Waals surface area (Å²) in [5.41, 5.74) is 0.597. The van der Waals surface area contributed by atoms with Crippen molar-refractivity contribution in [2.45, 2.75) is 18.4 Å². The molecule has 0 saturated carbocycles. The minimum atomic E-state index is 0.597. The van der Waals surface area contributed by atoms with Crippen molar-refractivity contribution in [1.29, 1.82) is 0 Å². The number of hydrogen-bond acceptors (Lipinski definition) is 2. The Labute approximate surface area is 56.2 Å². The molecule has 9 heavy (non-hydrogen) atoms. The molecule has 2 aliphatic heterocycles. The van der Waals surface area contributed by atoms with Crippen molar-refractivity contribution in [2.24, 2.45) is 0 Å². The zero-order valence-electron chi connectivity index (χ0n) is 5.98. The van der Waals surface area contributed by atoms with Crippen LogP contribution < -0.4 is 5.32 Å². The molecule has 0 amide bonds. The third-order valence-electron chi connectivity index (χ3n) is 2.94. The normalized spacial score (nSPS) is 43.7. The van der Waals surface area contributed by atoms with Crippen LogP contribution in [0.4, 0.5) is 0 Å². The van der Waals surface area contributed by atoms with Crippen LogP contribution in [0.5, 0.6) is 0 Å². The molecule has 0 aliphatic carbocycles. The van der Waals surface area contributed by atoms with Crippen molar-refractivity contribution in [3.63, 3.8) is 0 Å². The van der Waals surface area contributed by atoms with Gasteiger partial charge in [-0.05, 0) is 26.4 Å². The van der Waals surface area contributed by atoms with E-state index in [4.69, 9.17) is 0 Å². The van der Waals surface area contributed by atoms with Gasteiger partial charge in [0.1, 0.15) is 0 Å². The molecule has 52 valence electrons. The second kappa shape index (κ2) is 1.70. The molecule has 1 atom stereocenters. The van der Waals surface area contributed by atoms with E-state index in [1.165, 1.54) is 32.5 Å². The summed E-state index contributed by atoms with van der Waals surface area (Å²) >= 11 is 0. The van der Waals surface area contributed by atoms with Gasteiger partial charge in [-0.1, -0.05) is 0 Å². The van der Waals surface area contributed by atoms with Crippen LogP contribution in [-0.2, 0) is 0 Å². The van der Waals surface area contributed by atoms with Gasteiger partial charge in [-0.25, -0.2) is 0 Å². The fourth-order valence-corrected chi connectivity index (χ4v) is 1.92. The van der Waals surface area contributed by atoms with Gasteiger partial charge in [0, 0.05) is 18.6 Å². The predicted molar refractivity (Wildman–Crippen MR) is 37.5 cm³/mol. The smallest absolute Gasteiger partial charge is 0.0355 e. The summed E-state index contributed by atoms with van der Waals surface area (Å²) in [6.45, 7) is 3.76. The Bertz CT molecular complexity index is 116. The van der Waals surface area contributed by atoms with Gasteiger partial charge in [-0.15, -0.1) is 0 Å². The Morgan fingerprint density at radius 1 is 1.44 bits per heavy atom. The summed E-state index contributed by atoms with van der Waals surface area (Å²) in [5.74, 6) is 0. The van der Waals surface area contributed by atoms with Gasteiger partial charge in [0.15, 0.2) is 0 Å². The van der Waals surface area contributed by atoms with Crippen LogP contribution in [0.2, 0.25) is 0 Å². The average molecular weight is 126 g/mol. The van der Waals surface area contributed by atoms with E-state index in [1.54, 1.807) is 0 Å². The van der Waals surface area contributed by atoms with Crippen molar-refractivity contribution < 1.29 is 0 Å². The zero-order chi connectivity index (χ0) is 6.32. The van der Waals surface area contributed by atoms with Gasteiger partial charge in [0.25, 0.3) is 0 Å². The van der Waals surface area contributed by atoms with Crippen LogP contribution in [0.1, 0.15) is 12.8 Å². The summed E-state index contributed by atoms with van der Waals surface area (Å²) in [5, 5.41) is 3.40. The van der Waals surface area contributed by atoms with E-state index in [-0.39, 0.29) is 0 Å². The maximum atomic E-state index is 3.40. The largest absolute Gasteiger partial charge is 0.315 e. The molecule has 0 aromatic rings. The standard InChI is InChI=1S/C7H14N2/c1-9-5-3-7(9)2-4-8-6-7/h8H,2-6H2,1H3/t7-/m1/s1. The molecule has 1 spiro atoms. The number of rotatable bonds is 0. The van der Waals surface area contributed by atoms with Gasteiger partial charge >= 0.3 is 0 Å². The first-order valence-corrected chi connectivity index (χ1v) is 3.75. The van der Waals surface area contributed by atoms with E-state index >= 15 is 0 Å². The highest BCUT2D eigenvalue weighted by molar-refractivity contribution is 5.03. The fraction of sp³-hybridized carbons (Fsp3) is 1.00. The predicted octanol–water partition coefficient (Wildman–Crippen LogP) is 0.0540. The molecule has 2 heterocycles. The number of likely N-dealkylation sites (tertiary alicyclic amines) is 1. The number of hydrogen-bond donors (Lipinski definition) is 1. The molecule has 2 aliphatic rings. The minimum Gasteiger partial charge on any atom is -0.315 e. The maximum Gasteiger partial charge on any atom is 0.0355 e. The molecule has 0 unspecified atom stereocenters. The summed E-state index contributed by atoms with van der Waals surface area (Å²) in [6, 6.07) is 0. The van der Waals surface area contributed by atoms with E-state index in [9.17, 15) is 0 Å². The lowest BCUT2D eigenvalue weighted by Crippen LogP contribution is -2.58. The Kier molecular flexibility index (Phi) is 1.08. The SMILES string of the molecule is CN1CC[C@@]12CCNC2. The highest BCUT2D eigenvalue weighted by atomic mass is 15.3. The van der Waals surface area contributed by atoms with E-state index < -0.39 is 0 Å². The summed E-state index contributed by atoms with van der Waals surface area (Å²) in [7, 11) is 2.23. The highest BCUT2D eigenvalue weighted by Gasteiger charge is 2.43. The lowest BCUT2D eigenvalue weighted by molar-refractivity contribution is 0.0292. The van der Waals surface area contributed by atoms with E-state index in [1.807, 2.05) is 0 Å². The number of nitrogens with one attached hydrogen (secondary N) is 1. The Balaban J connectivity index is 2.06. The van der Waals surface area contributed by atoms with Gasteiger partial charge in [0.05, 0.1) is 0 Å². The van der Waals surface area contributed by atoms with Crippen molar-refractivity contribution in [2.75, 3.05) is 26.7 Å². The van der Waals surface area contributed by atoms with Gasteiger partial charge in [-0.2, -0.15) is 0 Å². The molecular formula is C7H14N2. The third-order valence-corrected chi connectivity index (χ3v) is 2.94. The lowest BCUT2D eigenvalue weighted by atomic mass is 9.85. The van der Waals surface area contributed by atoms with Gasteiger partial charge < -0.3 is 5.32 Å². The van der Waals surface area contributed by atoms with Crippen LogP contribution in [-0.4, -0.2) is 37.1 Å².